The van der Waals surface area contributed by atoms with Crippen molar-refractivity contribution in [1.82, 2.24) is 5.54 Å². The fourth-order valence-electron chi connectivity index (χ4n) is 5.34. The molecule has 0 saturated heterocycles. The molecule has 0 aromatic rings. The van der Waals surface area contributed by atoms with Crippen molar-refractivity contribution in [3.63, 3.8) is 0 Å². The van der Waals surface area contributed by atoms with Crippen LogP contribution in [0.3, 0.4) is 0 Å². The number of hydrogen-bond acceptors (Lipinski definition) is 1. The van der Waals surface area contributed by atoms with Crippen LogP contribution in [0.15, 0.2) is 0 Å². The van der Waals surface area contributed by atoms with Gasteiger partial charge in [0.15, 0.2) is 0 Å². The normalized spacial score (nSPS) is 69.2. The zero-order valence-electron chi connectivity index (χ0n) is 7.09. The van der Waals surface area contributed by atoms with Gasteiger partial charge in [0.05, 0.1) is 0 Å². The van der Waals surface area contributed by atoms with Crippen LogP contribution in [0, 0.1) is 35.0 Å². The Morgan fingerprint density at radius 2 is 1.83 bits per heavy atom. The summed E-state index contributed by atoms with van der Waals surface area (Å²) in [5.41, 5.74) is 2.69. The van der Waals surface area contributed by atoms with Crippen LogP contribution in [-0.4, -0.2) is 6.54 Å². The van der Waals surface area contributed by atoms with Crippen LogP contribution in [0.2, 0.25) is 0 Å². The van der Waals surface area contributed by atoms with Gasteiger partial charge in [-0.25, -0.2) is 0 Å². The molecule has 4 aliphatic rings. The zero-order chi connectivity index (χ0) is 7.92. The maximum atomic E-state index is 12.0. The minimum Gasteiger partial charge on any atom is -0.159 e. The molecule has 0 aromatic heterocycles. The van der Waals surface area contributed by atoms with E-state index in [1.54, 1.807) is 0 Å². The largest absolute Gasteiger partial charge is 0.159 e. The molecule has 2 heteroatoms. The van der Waals surface area contributed by atoms with Crippen LogP contribution in [0.25, 0.3) is 0 Å². The van der Waals surface area contributed by atoms with E-state index in [-0.39, 0.29) is 0 Å². The molecule has 4 saturated carbocycles. The van der Waals surface area contributed by atoms with Gasteiger partial charge < -0.3 is 0 Å². The summed E-state index contributed by atoms with van der Waals surface area (Å²) < 4.78 is 12.0. The van der Waals surface area contributed by atoms with Gasteiger partial charge in [0.1, 0.15) is 0 Å². The van der Waals surface area contributed by atoms with Crippen LogP contribution >= 0.6 is 0 Å². The molecule has 4 aliphatic carbocycles. The summed E-state index contributed by atoms with van der Waals surface area (Å²) >= 11 is 0. The molecule has 6 atom stereocenters. The Kier molecular flexibility index (Phi) is 0.842. The first-order chi connectivity index (χ1) is 5.89. The van der Waals surface area contributed by atoms with Gasteiger partial charge in [0, 0.05) is 6.54 Å². The summed E-state index contributed by atoms with van der Waals surface area (Å²) in [5.74, 6) is 4.75. The number of nitrogens with one attached hydrogen (secondary N) is 1. The minimum atomic E-state index is 0.635. The Morgan fingerprint density at radius 1 is 1.17 bits per heavy atom. The number of rotatable bonds is 2. The molecule has 0 radical (unpaired) electrons. The molecular formula is C10H14FN. The highest BCUT2D eigenvalue weighted by molar-refractivity contribution is 5.31. The van der Waals surface area contributed by atoms with Gasteiger partial charge in [-0.1, -0.05) is 0 Å². The smallest absolute Gasteiger partial charge is 0.0293 e. The van der Waals surface area contributed by atoms with Crippen LogP contribution in [-0.2, 0) is 0 Å². The van der Waals surface area contributed by atoms with E-state index in [0.717, 1.165) is 29.1 Å². The minimum absolute atomic E-state index is 0.635. The molecule has 66 valence electrons. The Balaban J connectivity index is 1.60. The van der Waals surface area contributed by atoms with E-state index < -0.39 is 0 Å². The fraction of sp³-hybridized carbons (Fsp3) is 1.00. The van der Waals surface area contributed by atoms with E-state index in [2.05, 4.69) is 0 Å². The molecule has 0 heterocycles. The van der Waals surface area contributed by atoms with Gasteiger partial charge in [0.2, 0.25) is 0 Å². The van der Waals surface area contributed by atoms with Crippen LogP contribution in [0.5, 0.6) is 0 Å². The molecule has 5 unspecified atom stereocenters. The lowest BCUT2D eigenvalue weighted by Crippen LogP contribution is -2.84. The topological polar surface area (TPSA) is 12.0 Å². The lowest BCUT2D eigenvalue weighted by Gasteiger charge is -2.89. The first kappa shape index (κ1) is 6.36. The second-order valence-electron chi connectivity index (χ2n) is 5.32. The zero-order valence-corrected chi connectivity index (χ0v) is 7.09. The SMILES string of the molecule is FNCC1C2CC3C[C@H]4CC1C324. The third-order valence-electron chi connectivity index (χ3n) is 5.69. The van der Waals surface area contributed by atoms with Crippen molar-refractivity contribution in [1.29, 1.82) is 0 Å². The van der Waals surface area contributed by atoms with Crippen molar-refractivity contribution in [2.45, 2.75) is 19.3 Å². The Hall–Kier alpha value is -0.110. The monoisotopic (exact) mass is 167 g/mol. The third kappa shape index (κ3) is 0.355. The van der Waals surface area contributed by atoms with Crippen LogP contribution in [0.4, 0.5) is 4.48 Å². The Bertz CT molecular complexity index is 226. The van der Waals surface area contributed by atoms with Gasteiger partial charge in [-0.15, -0.1) is 4.48 Å². The molecule has 4 rings (SSSR count). The maximum Gasteiger partial charge on any atom is 0.0293 e. The second-order valence-corrected chi connectivity index (χ2v) is 5.32. The molecule has 1 spiro atoms. The van der Waals surface area contributed by atoms with E-state index in [9.17, 15) is 4.48 Å². The molecule has 1 N–H and O–H groups in total. The molecule has 0 amide bonds. The van der Waals surface area contributed by atoms with Gasteiger partial charge in [-0.3, -0.25) is 0 Å². The summed E-state index contributed by atoms with van der Waals surface area (Å²) in [6.07, 6.45) is 4.38. The fourth-order valence-corrected chi connectivity index (χ4v) is 5.34. The first-order valence-electron chi connectivity index (χ1n) is 5.22. The summed E-state index contributed by atoms with van der Waals surface area (Å²) in [4.78, 5) is 0. The predicted octanol–water partition coefficient (Wildman–Crippen LogP) is 1.75. The average Bonchev–Trinajstić information content (AvgIpc) is 1.92. The summed E-state index contributed by atoms with van der Waals surface area (Å²) in [7, 11) is 0. The highest BCUT2D eigenvalue weighted by Gasteiger charge is 2.83. The molecule has 1 nitrogen and oxygen atoms in total. The van der Waals surface area contributed by atoms with E-state index >= 15 is 0 Å². The molecule has 0 aliphatic heterocycles. The predicted molar refractivity (Wildman–Crippen MR) is 42.8 cm³/mol. The van der Waals surface area contributed by atoms with Crippen molar-refractivity contribution in [3.8, 4) is 0 Å². The number of halogens is 1. The summed E-state index contributed by atoms with van der Waals surface area (Å²) in [6.45, 7) is 0.635. The van der Waals surface area contributed by atoms with E-state index in [1.165, 1.54) is 19.3 Å². The molecule has 0 bridgehead atoms. The van der Waals surface area contributed by atoms with Crippen molar-refractivity contribution >= 4 is 0 Å². The third-order valence-corrected chi connectivity index (χ3v) is 5.69. The lowest BCUT2D eigenvalue weighted by atomic mass is 9.16. The van der Waals surface area contributed by atoms with Crippen molar-refractivity contribution in [2.75, 3.05) is 6.54 Å². The molecule has 4 fully saturated rings. The van der Waals surface area contributed by atoms with E-state index in [4.69, 9.17) is 0 Å². The van der Waals surface area contributed by atoms with Gasteiger partial charge in [-0.2, -0.15) is 5.54 Å². The number of hydrogen-bond donors (Lipinski definition) is 1. The molecule has 12 heavy (non-hydrogen) atoms. The lowest BCUT2D eigenvalue weighted by molar-refractivity contribution is -0.409. The summed E-state index contributed by atoms with van der Waals surface area (Å²) in [6, 6.07) is 0. The second kappa shape index (κ2) is 1.59. The van der Waals surface area contributed by atoms with Gasteiger partial charge >= 0.3 is 0 Å². The van der Waals surface area contributed by atoms with E-state index in [0.29, 0.717) is 12.5 Å². The molecular weight excluding hydrogens is 153 g/mol. The first-order valence-corrected chi connectivity index (χ1v) is 5.22. The highest BCUT2D eigenvalue weighted by Crippen LogP contribution is 2.89. The summed E-state index contributed by atoms with van der Waals surface area (Å²) in [5, 5.41) is 0. The molecule has 0 aromatic carbocycles. The highest BCUT2D eigenvalue weighted by atomic mass is 19.2. The van der Waals surface area contributed by atoms with Crippen molar-refractivity contribution in [2.24, 2.45) is 35.0 Å². The average molecular weight is 167 g/mol. The van der Waals surface area contributed by atoms with Crippen LogP contribution < -0.4 is 5.54 Å². The quantitative estimate of drug-likeness (QED) is 0.618. The maximum absolute atomic E-state index is 12.0. The standard InChI is InChI=1S/C10H14FN/c11-12-4-7-8-2-5-1-6-3-9(7)10(5,6)8/h5-9,12H,1-4H2/t5-,6?,7?,8?,9?,10?/m0/s1. The Morgan fingerprint density at radius 3 is 2.33 bits per heavy atom. The Labute approximate surface area is 71.7 Å². The van der Waals surface area contributed by atoms with Crippen LogP contribution in [0.1, 0.15) is 19.3 Å². The van der Waals surface area contributed by atoms with Gasteiger partial charge in [0.25, 0.3) is 0 Å². The van der Waals surface area contributed by atoms with E-state index in [1.807, 2.05) is 5.54 Å². The van der Waals surface area contributed by atoms with Gasteiger partial charge in [-0.05, 0) is 54.3 Å². The van der Waals surface area contributed by atoms with Crippen molar-refractivity contribution < 1.29 is 4.48 Å². The van der Waals surface area contributed by atoms with Crippen molar-refractivity contribution in [3.05, 3.63) is 0 Å².